The number of sulfonamides is 1. The van der Waals surface area contributed by atoms with Gasteiger partial charge in [-0.25, -0.2) is 18.1 Å². The molecule has 7 nitrogen and oxygen atoms in total. The van der Waals surface area contributed by atoms with Gasteiger partial charge in [-0.05, 0) is 52.5 Å². The Balaban J connectivity index is 2.07. The highest BCUT2D eigenvalue weighted by Crippen LogP contribution is 2.22. The number of carbonyl (C=O) groups is 1. The third-order valence-electron chi connectivity index (χ3n) is 4.00. The number of carbonyl (C=O) groups excluding carboxylic acids is 1. The summed E-state index contributed by atoms with van der Waals surface area (Å²) in [6, 6.07) is 3.26. The van der Waals surface area contributed by atoms with Crippen LogP contribution in [0.15, 0.2) is 23.4 Å². The van der Waals surface area contributed by atoms with Gasteiger partial charge >= 0.3 is 0 Å². The fourth-order valence-corrected chi connectivity index (χ4v) is 3.40. The van der Waals surface area contributed by atoms with E-state index in [1.54, 1.807) is 0 Å². The summed E-state index contributed by atoms with van der Waals surface area (Å²) < 4.78 is 25.4. The number of hydrogen-bond donors (Lipinski definition) is 2. The fraction of sp³-hybridized carbons (Fsp3) is 0.571. The molecule has 1 aromatic heterocycles. The van der Waals surface area contributed by atoms with Crippen molar-refractivity contribution in [3.8, 4) is 0 Å². The number of rotatable bonds is 5. The third-order valence-corrected chi connectivity index (χ3v) is 5.33. The molecule has 1 saturated carbocycles. The number of pyridine rings is 1. The molecular weight excluding hydrogens is 304 g/mol. The van der Waals surface area contributed by atoms with Crippen molar-refractivity contribution in [3.63, 3.8) is 0 Å². The van der Waals surface area contributed by atoms with Crippen LogP contribution >= 0.6 is 0 Å². The molecule has 1 aromatic rings. The summed E-state index contributed by atoms with van der Waals surface area (Å²) in [6.07, 6.45) is 4.40. The Morgan fingerprint density at radius 3 is 2.59 bits per heavy atom. The molecule has 0 spiro atoms. The second-order valence-corrected chi connectivity index (χ2v) is 7.47. The average molecular weight is 326 g/mol. The first-order valence-electron chi connectivity index (χ1n) is 7.22. The molecule has 2 rings (SSSR count). The van der Waals surface area contributed by atoms with E-state index in [9.17, 15) is 13.2 Å². The maximum Gasteiger partial charge on any atom is 0.257 e. The third kappa shape index (κ3) is 3.63. The molecule has 8 heteroatoms. The molecule has 0 bridgehead atoms. The quantitative estimate of drug-likeness (QED) is 0.807. The highest BCUT2D eigenvalue weighted by Gasteiger charge is 2.30. The summed E-state index contributed by atoms with van der Waals surface area (Å²) in [5, 5.41) is 2.91. The van der Waals surface area contributed by atoms with Crippen LogP contribution in [0.3, 0.4) is 0 Å². The zero-order valence-corrected chi connectivity index (χ0v) is 13.9. The molecule has 0 aromatic carbocycles. The largest absolute Gasteiger partial charge is 0.348 e. The monoisotopic (exact) mass is 326 g/mol. The number of nitrogens with zero attached hydrogens (tertiary/aromatic N) is 2. The summed E-state index contributed by atoms with van der Waals surface area (Å²) in [4.78, 5) is 18.2. The summed E-state index contributed by atoms with van der Waals surface area (Å²) in [5.41, 5.74) is 0.361. The molecule has 122 valence electrons. The molecule has 0 unspecified atom stereocenters. The predicted octanol–water partition coefficient (Wildman–Crippen LogP) is 0.202. The van der Waals surface area contributed by atoms with Gasteiger partial charge in [0.2, 0.25) is 0 Å². The molecule has 2 N–H and O–H groups in total. The molecule has 1 amide bonds. The molecule has 22 heavy (non-hydrogen) atoms. The van der Waals surface area contributed by atoms with E-state index in [1.165, 1.54) is 25.4 Å². The van der Waals surface area contributed by atoms with Crippen molar-refractivity contribution in [3.05, 3.63) is 23.9 Å². The molecule has 1 aliphatic rings. The Kier molecular flexibility index (Phi) is 5.15. The van der Waals surface area contributed by atoms with Gasteiger partial charge in [0, 0.05) is 18.3 Å². The first-order chi connectivity index (χ1) is 10.3. The second kappa shape index (κ2) is 6.72. The Labute approximate surface area is 131 Å². The summed E-state index contributed by atoms with van der Waals surface area (Å²) in [7, 11) is 1.75. The van der Waals surface area contributed by atoms with Gasteiger partial charge < -0.3 is 10.2 Å². The topological polar surface area (TPSA) is 91.4 Å². The minimum absolute atomic E-state index is 0.0985. The zero-order valence-electron chi connectivity index (χ0n) is 13.0. The SMILES string of the molecule is CNS(=O)(=O)c1ccc(C(=O)N[C@@H]2CCC[C@H]2N(C)C)cn1. The zero-order chi connectivity index (χ0) is 16.3. The van der Waals surface area contributed by atoms with E-state index in [2.05, 4.69) is 19.9 Å². The maximum absolute atomic E-state index is 12.3. The van der Waals surface area contributed by atoms with Crippen molar-refractivity contribution in [1.29, 1.82) is 0 Å². The van der Waals surface area contributed by atoms with Gasteiger partial charge in [-0.2, -0.15) is 0 Å². The van der Waals surface area contributed by atoms with Crippen LogP contribution in [-0.2, 0) is 10.0 Å². The van der Waals surface area contributed by atoms with Gasteiger partial charge in [-0.3, -0.25) is 4.79 Å². The maximum atomic E-state index is 12.3. The van der Waals surface area contributed by atoms with Crippen LogP contribution in [0.25, 0.3) is 0 Å². The van der Waals surface area contributed by atoms with E-state index >= 15 is 0 Å². The van der Waals surface area contributed by atoms with Crippen LogP contribution < -0.4 is 10.0 Å². The number of nitrogens with one attached hydrogen (secondary N) is 2. The summed E-state index contributed by atoms with van der Waals surface area (Å²) in [6.45, 7) is 0. The molecule has 0 saturated heterocycles. The Morgan fingerprint density at radius 1 is 1.32 bits per heavy atom. The molecule has 0 aliphatic heterocycles. The van der Waals surface area contributed by atoms with Crippen LogP contribution in [0.2, 0.25) is 0 Å². The van der Waals surface area contributed by atoms with Gasteiger partial charge in [0.25, 0.3) is 15.9 Å². The number of likely N-dealkylation sites (N-methyl/N-ethyl adjacent to an activating group) is 1. The van der Waals surface area contributed by atoms with E-state index in [0.29, 0.717) is 11.6 Å². The lowest BCUT2D eigenvalue weighted by Gasteiger charge is -2.26. The lowest BCUT2D eigenvalue weighted by atomic mass is 10.1. The molecule has 1 heterocycles. The van der Waals surface area contributed by atoms with Crippen molar-refractivity contribution in [2.75, 3.05) is 21.1 Å². The van der Waals surface area contributed by atoms with Crippen LogP contribution in [0.1, 0.15) is 29.6 Å². The minimum Gasteiger partial charge on any atom is -0.348 e. The lowest BCUT2D eigenvalue weighted by Crippen LogP contribution is -2.46. The highest BCUT2D eigenvalue weighted by atomic mass is 32.2. The van der Waals surface area contributed by atoms with Crippen LogP contribution in [0.4, 0.5) is 0 Å². The van der Waals surface area contributed by atoms with E-state index < -0.39 is 10.0 Å². The second-order valence-electron chi connectivity index (χ2n) is 5.63. The van der Waals surface area contributed by atoms with Crippen LogP contribution in [0, 0.1) is 0 Å². The minimum atomic E-state index is -3.58. The molecule has 1 fully saturated rings. The van der Waals surface area contributed by atoms with Gasteiger partial charge in [0.05, 0.1) is 5.56 Å². The van der Waals surface area contributed by atoms with E-state index in [0.717, 1.165) is 19.3 Å². The predicted molar refractivity (Wildman–Crippen MR) is 83.1 cm³/mol. The lowest BCUT2D eigenvalue weighted by molar-refractivity contribution is 0.0918. The Morgan fingerprint density at radius 2 is 2.05 bits per heavy atom. The van der Waals surface area contributed by atoms with Gasteiger partial charge in [0.1, 0.15) is 0 Å². The van der Waals surface area contributed by atoms with Crippen molar-refractivity contribution >= 4 is 15.9 Å². The van der Waals surface area contributed by atoms with Crippen molar-refractivity contribution in [2.24, 2.45) is 0 Å². The van der Waals surface area contributed by atoms with E-state index in [1.807, 2.05) is 14.1 Å². The van der Waals surface area contributed by atoms with Gasteiger partial charge in [-0.1, -0.05) is 0 Å². The van der Waals surface area contributed by atoms with E-state index in [-0.39, 0.29) is 17.0 Å². The van der Waals surface area contributed by atoms with Crippen LogP contribution in [0.5, 0.6) is 0 Å². The standard InChI is InChI=1S/C14H22N4O3S/c1-15-22(20,21)13-8-7-10(9-16-13)14(19)17-11-5-4-6-12(11)18(2)3/h7-9,11-12,15H,4-6H2,1-3H3,(H,17,19)/t11-,12-/m1/s1. The number of hydrogen-bond acceptors (Lipinski definition) is 5. The average Bonchev–Trinajstić information content (AvgIpc) is 2.95. The van der Waals surface area contributed by atoms with Gasteiger partial charge in [-0.15, -0.1) is 0 Å². The van der Waals surface area contributed by atoms with E-state index in [4.69, 9.17) is 0 Å². The molecule has 0 radical (unpaired) electrons. The highest BCUT2D eigenvalue weighted by molar-refractivity contribution is 7.89. The van der Waals surface area contributed by atoms with Crippen LogP contribution in [-0.4, -0.2) is 57.4 Å². The Bertz CT molecular complexity index is 628. The van der Waals surface area contributed by atoms with Crippen molar-refractivity contribution in [2.45, 2.75) is 36.4 Å². The first-order valence-corrected chi connectivity index (χ1v) is 8.70. The molecular formula is C14H22N4O3S. The fourth-order valence-electron chi connectivity index (χ4n) is 2.76. The number of aromatic nitrogens is 1. The van der Waals surface area contributed by atoms with Crippen molar-refractivity contribution < 1.29 is 13.2 Å². The molecule has 2 atom stereocenters. The van der Waals surface area contributed by atoms with Gasteiger partial charge in [0.15, 0.2) is 5.03 Å². The molecule has 1 aliphatic carbocycles. The first kappa shape index (κ1) is 16.9. The summed E-state index contributed by atoms with van der Waals surface area (Å²) >= 11 is 0. The Hall–Kier alpha value is -1.51. The van der Waals surface area contributed by atoms with Crippen molar-refractivity contribution in [1.82, 2.24) is 19.9 Å². The number of amides is 1. The normalized spacial score (nSPS) is 22.0. The summed E-state index contributed by atoms with van der Waals surface area (Å²) in [5.74, 6) is -0.223. The smallest absolute Gasteiger partial charge is 0.257 e.